The van der Waals surface area contributed by atoms with Crippen molar-refractivity contribution in [1.29, 1.82) is 0 Å². The minimum atomic E-state index is -4.44. The minimum Gasteiger partial charge on any atom is -0.334 e. The van der Waals surface area contributed by atoms with Crippen LogP contribution in [0.4, 0.5) is 13.2 Å². The SMILES string of the molecule is CCCCCCN1CCC(C)(c2ccc3nc(C(F)(F)F)[nH]c3c2)C(C)C1. The van der Waals surface area contributed by atoms with E-state index in [2.05, 4.69) is 35.6 Å². The van der Waals surface area contributed by atoms with E-state index in [1.807, 2.05) is 12.1 Å². The van der Waals surface area contributed by atoms with Crippen molar-refractivity contribution in [2.75, 3.05) is 19.6 Å². The number of imidazole rings is 1. The summed E-state index contributed by atoms with van der Waals surface area (Å²) in [6, 6.07) is 5.53. The van der Waals surface area contributed by atoms with Crippen LogP contribution in [0.25, 0.3) is 11.0 Å². The fourth-order valence-electron chi connectivity index (χ4n) is 4.21. The first-order valence-corrected chi connectivity index (χ1v) is 10.0. The molecular formula is C21H30F3N3. The summed E-state index contributed by atoms with van der Waals surface area (Å²) >= 11 is 0. The number of fused-ring (bicyclic) bond motifs is 1. The first kappa shape index (κ1) is 20.2. The summed E-state index contributed by atoms with van der Waals surface area (Å²) in [6.45, 7) is 9.96. The van der Waals surface area contributed by atoms with Gasteiger partial charge in [0, 0.05) is 6.54 Å². The molecule has 1 aliphatic heterocycles. The number of rotatable bonds is 6. The Balaban J connectivity index is 1.73. The predicted octanol–water partition coefficient (Wildman–Crippen LogP) is 5.76. The second-order valence-corrected chi connectivity index (χ2v) is 8.24. The van der Waals surface area contributed by atoms with Gasteiger partial charge in [-0.1, -0.05) is 46.1 Å². The van der Waals surface area contributed by atoms with Gasteiger partial charge in [-0.05, 0) is 55.0 Å². The van der Waals surface area contributed by atoms with Crippen molar-refractivity contribution < 1.29 is 13.2 Å². The molecule has 0 aliphatic carbocycles. The van der Waals surface area contributed by atoms with Crippen molar-refractivity contribution in [3.05, 3.63) is 29.6 Å². The molecule has 2 atom stereocenters. The van der Waals surface area contributed by atoms with E-state index in [9.17, 15) is 13.2 Å². The van der Waals surface area contributed by atoms with Crippen LogP contribution in [0.3, 0.4) is 0 Å². The largest absolute Gasteiger partial charge is 0.449 e. The molecular weight excluding hydrogens is 351 g/mol. The lowest BCUT2D eigenvalue weighted by Gasteiger charge is -2.45. The zero-order valence-corrected chi connectivity index (χ0v) is 16.5. The zero-order chi connectivity index (χ0) is 19.7. The summed E-state index contributed by atoms with van der Waals surface area (Å²) in [7, 11) is 0. The molecule has 1 N–H and O–H groups in total. The van der Waals surface area contributed by atoms with Crippen LogP contribution in [0.1, 0.15) is 64.3 Å². The third kappa shape index (κ3) is 4.31. The lowest BCUT2D eigenvalue weighted by atomic mass is 9.68. The maximum Gasteiger partial charge on any atom is 0.449 e. The summed E-state index contributed by atoms with van der Waals surface area (Å²) in [4.78, 5) is 8.67. The van der Waals surface area contributed by atoms with Gasteiger partial charge in [-0.3, -0.25) is 0 Å². The van der Waals surface area contributed by atoms with E-state index in [4.69, 9.17) is 0 Å². The molecule has 1 aromatic heterocycles. The third-order valence-corrected chi connectivity index (χ3v) is 6.30. The van der Waals surface area contributed by atoms with Gasteiger partial charge in [0.05, 0.1) is 11.0 Å². The lowest BCUT2D eigenvalue weighted by Crippen LogP contribution is -2.47. The van der Waals surface area contributed by atoms with Crippen molar-refractivity contribution in [3.63, 3.8) is 0 Å². The Bertz CT molecular complexity index is 768. The van der Waals surface area contributed by atoms with Gasteiger partial charge in [0.1, 0.15) is 0 Å². The number of hydrogen-bond acceptors (Lipinski definition) is 2. The summed E-state index contributed by atoms with van der Waals surface area (Å²) in [5.41, 5.74) is 1.91. The molecule has 1 aliphatic rings. The maximum absolute atomic E-state index is 12.9. The van der Waals surface area contributed by atoms with Crippen LogP contribution in [0.5, 0.6) is 0 Å². The molecule has 3 nitrogen and oxygen atoms in total. The number of unbranched alkanes of at least 4 members (excludes halogenated alkanes) is 3. The first-order valence-electron chi connectivity index (χ1n) is 10.0. The maximum atomic E-state index is 12.9. The minimum absolute atomic E-state index is 0.0301. The standard InChI is InChI=1S/C21H30F3N3/c1-4-5-6-7-11-27-12-10-20(3,15(2)14-27)16-8-9-17-18(13-16)26-19(25-17)21(22,23)24/h8-9,13,15H,4-7,10-12,14H2,1-3H3,(H,25,26). The summed E-state index contributed by atoms with van der Waals surface area (Å²) < 4.78 is 38.7. The van der Waals surface area contributed by atoms with Gasteiger partial charge in [0.25, 0.3) is 0 Å². The van der Waals surface area contributed by atoms with Crippen LogP contribution in [0, 0.1) is 5.92 Å². The smallest absolute Gasteiger partial charge is 0.334 e. The van der Waals surface area contributed by atoms with E-state index in [1.165, 1.54) is 25.7 Å². The Labute approximate surface area is 159 Å². The van der Waals surface area contributed by atoms with Gasteiger partial charge in [0.2, 0.25) is 5.82 Å². The van der Waals surface area contributed by atoms with Crippen molar-refractivity contribution in [2.45, 2.75) is 64.5 Å². The van der Waals surface area contributed by atoms with Crippen molar-refractivity contribution >= 4 is 11.0 Å². The normalized spacial score (nSPS) is 24.6. The van der Waals surface area contributed by atoms with E-state index in [0.29, 0.717) is 17.0 Å². The molecule has 2 aromatic rings. The Hall–Kier alpha value is -1.56. The molecule has 0 saturated carbocycles. The number of H-pyrrole nitrogens is 1. The lowest BCUT2D eigenvalue weighted by molar-refractivity contribution is -0.144. The molecule has 1 aromatic carbocycles. The predicted molar refractivity (Wildman–Crippen MR) is 103 cm³/mol. The van der Waals surface area contributed by atoms with E-state index < -0.39 is 12.0 Å². The second kappa shape index (κ2) is 7.82. The third-order valence-electron chi connectivity index (χ3n) is 6.30. The molecule has 0 bridgehead atoms. The second-order valence-electron chi connectivity index (χ2n) is 8.24. The number of nitrogens with one attached hydrogen (secondary N) is 1. The summed E-state index contributed by atoms with van der Waals surface area (Å²) in [6.07, 6.45) is 1.66. The van der Waals surface area contributed by atoms with Gasteiger partial charge in [-0.2, -0.15) is 13.2 Å². The highest BCUT2D eigenvalue weighted by Gasteiger charge is 2.39. The number of aromatic nitrogens is 2. The number of likely N-dealkylation sites (tertiary alicyclic amines) is 1. The van der Waals surface area contributed by atoms with Crippen LogP contribution >= 0.6 is 0 Å². The Morgan fingerprint density at radius 2 is 2.04 bits per heavy atom. The van der Waals surface area contributed by atoms with Crippen LogP contribution < -0.4 is 0 Å². The van der Waals surface area contributed by atoms with E-state index >= 15 is 0 Å². The van der Waals surface area contributed by atoms with Crippen molar-refractivity contribution in [1.82, 2.24) is 14.9 Å². The number of hydrogen-bond donors (Lipinski definition) is 1. The molecule has 6 heteroatoms. The zero-order valence-electron chi connectivity index (χ0n) is 16.5. The van der Waals surface area contributed by atoms with Crippen LogP contribution in [0.2, 0.25) is 0 Å². The molecule has 2 heterocycles. The quantitative estimate of drug-likeness (QED) is 0.645. The molecule has 0 amide bonds. The monoisotopic (exact) mass is 381 g/mol. The van der Waals surface area contributed by atoms with Crippen LogP contribution in [-0.2, 0) is 11.6 Å². The van der Waals surface area contributed by atoms with Gasteiger partial charge in [-0.25, -0.2) is 4.98 Å². The molecule has 1 fully saturated rings. The summed E-state index contributed by atoms with van der Waals surface area (Å²) in [5.74, 6) is -0.477. The van der Waals surface area contributed by atoms with E-state index in [1.54, 1.807) is 6.07 Å². The molecule has 1 saturated heterocycles. The van der Waals surface area contributed by atoms with Gasteiger partial charge in [-0.15, -0.1) is 0 Å². The number of halogens is 3. The highest BCUT2D eigenvalue weighted by Crippen LogP contribution is 2.40. The highest BCUT2D eigenvalue weighted by atomic mass is 19.4. The molecule has 27 heavy (non-hydrogen) atoms. The van der Waals surface area contributed by atoms with Crippen LogP contribution in [0.15, 0.2) is 18.2 Å². The average molecular weight is 381 g/mol. The fourth-order valence-corrected chi connectivity index (χ4v) is 4.21. The molecule has 0 spiro atoms. The molecule has 3 rings (SSSR count). The molecule has 0 radical (unpaired) electrons. The van der Waals surface area contributed by atoms with E-state index in [0.717, 1.165) is 31.6 Å². The van der Waals surface area contributed by atoms with Gasteiger partial charge in [0.15, 0.2) is 0 Å². The Kier molecular flexibility index (Phi) is 5.84. The first-order chi connectivity index (χ1) is 12.7. The number of alkyl halides is 3. The Morgan fingerprint density at radius 1 is 1.26 bits per heavy atom. The topological polar surface area (TPSA) is 31.9 Å². The van der Waals surface area contributed by atoms with Crippen molar-refractivity contribution in [2.24, 2.45) is 5.92 Å². The number of aromatic amines is 1. The number of nitrogens with zero attached hydrogens (tertiary/aromatic N) is 2. The number of piperidine rings is 1. The summed E-state index contributed by atoms with van der Waals surface area (Å²) in [5, 5.41) is 0. The molecule has 150 valence electrons. The van der Waals surface area contributed by atoms with Crippen LogP contribution in [-0.4, -0.2) is 34.5 Å². The highest BCUT2D eigenvalue weighted by molar-refractivity contribution is 5.76. The average Bonchev–Trinajstić information content (AvgIpc) is 3.05. The van der Waals surface area contributed by atoms with Gasteiger partial charge >= 0.3 is 6.18 Å². The molecule has 2 unspecified atom stereocenters. The van der Waals surface area contributed by atoms with Crippen molar-refractivity contribution in [3.8, 4) is 0 Å². The Morgan fingerprint density at radius 3 is 2.70 bits per heavy atom. The number of benzene rings is 1. The fraction of sp³-hybridized carbons (Fsp3) is 0.667. The van der Waals surface area contributed by atoms with E-state index in [-0.39, 0.29) is 5.41 Å². The van der Waals surface area contributed by atoms with Gasteiger partial charge < -0.3 is 9.88 Å².